The van der Waals surface area contributed by atoms with E-state index in [1.165, 1.54) is 12.1 Å². The first-order valence-corrected chi connectivity index (χ1v) is 9.15. The molecule has 29 heavy (non-hydrogen) atoms. The molecule has 1 aliphatic heterocycles. The standard InChI is InChI=1S/C21H16ClFN4O2/c1-11-18-19(15(9-24)20(25)29-21(18)27-26-11)13-5-6-17(16(22)8-13)28-10-12-3-2-4-14(23)7-12/h2-8,19H,10,25H2,1H3,(H,26,27)/t19-/m1/s1. The van der Waals surface area contributed by atoms with Crippen LogP contribution in [0.2, 0.25) is 5.02 Å². The topological polar surface area (TPSA) is 97.0 Å². The predicted molar refractivity (Wildman–Crippen MR) is 105 cm³/mol. The van der Waals surface area contributed by atoms with Crippen LogP contribution < -0.4 is 15.2 Å². The smallest absolute Gasteiger partial charge is 0.244 e. The summed E-state index contributed by atoms with van der Waals surface area (Å²) >= 11 is 6.43. The molecule has 2 heterocycles. The third kappa shape index (κ3) is 3.50. The zero-order valence-electron chi connectivity index (χ0n) is 15.4. The van der Waals surface area contributed by atoms with Crippen LogP contribution in [-0.2, 0) is 6.61 Å². The maximum absolute atomic E-state index is 13.3. The van der Waals surface area contributed by atoms with E-state index < -0.39 is 5.92 Å². The second kappa shape index (κ2) is 7.49. The molecule has 0 spiro atoms. The molecule has 4 rings (SSSR count). The van der Waals surface area contributed by atoms with Crippen LogP contribution in [0.15, 0.2) is 53.9 Å². The first kappa shape index (κ1) is 18.8. The van der Waals surface area contributed by atoms with Gasteiger partial charge in [0.05, 0.1) is 10.9 Å². The molecule has 0 saturated carbocycles. The molecule has 0 saturated heterocycles. The molecule has 0 amide bonds. The lowest BCUT2D eigenvalue weighted by Gasteiger charge is -2.24. The van der Waals surface area contributed by atoms with Crippen molar-refractivity contribution >= 4 is 11.6 Å². The average Bonchev–Trinajstić information content (AvgIpc) is 3.06. The number of aromatic amines is 1. The fourth-order valence-electron chi connectivity index (χ4n) is 3.33. The Morgan fingerprint density at radius 3 is 2.90 bits per heavy atom. The van der Waals surface area contributed by atoms with Gasteiger partial charge in [-0.3, -0.25) is 5.10 Å². The van der Waals surface area contributed by atoms with Gasteiger partial charge in [0.2, 0.25) is 11.8 Å². The number of aromatic nitrogens is 2. The minimum atomic E-state index is -0.461. The number of aryl methyl sites for hydroxylation is 1. The Balaban J connectivity index is 1.65. The van der Waals surface area contributed by atoms with Gasteiger partial charge >= 0.3 is 0 Å². The number of H-pyrrole nitrogens is 1. The quantitative estimate of drug-likeness (QED) is 0.668. The van der Waals surface area contributed by atoms with Gasteiger partial charge in [-0.1, -0.05) is 29.8 Å². The highest BCUT2D eigenvalue weighted by Gasteiger charge is 2.34. The normalized spacial score (nSPS) is 15.4. The molecule has 0 aliphatic carbocycles. The van der Waals surface area contributed by atoms with Gasteiger partial charge in [-0.2, -0.15) is 5.26 Å². The van der Waals surface area contributed by atoms with E-state index in [0.29, 0.717) is 22.2 Å². The second-order valence-electron chi connectivity index (χ2n) is 6.60. The summed E-state index contributed by atoms with van der Waals surface area (Å²) < 4.78 is 24.5. The van der Waals surface area contributed by atoms with E-state index in [2.05, 4.69) is 16.3 Å². The number of halogens is 2. The number of rotatable bonds is 4. The highest BCUT2D eigenvalue weighted by atomic mass is 35.5. The molecule has 1 aromatic heterocycles. The van der Waals surface area contributed by atoms with Crippen LogP contribution >= 0.6 is 11.6 Å². The van der Waals surface area contributed by atoms with Crippen LogP contribution in [0.25, 0.3) is 0 Å². The molecule has 2 aromatic carbocycles. The summed E-state index contributed by atoms with van der Waals surface area (Å²) in [5, 5.41) is 16.9. The van der Waals surface area contributed by atoms with E-state index in [0.717, 1.165) is 16.8 Å². The largest absolute Gasteiger partial charge is 0.487 e. The van der Waals surface area contributed by atoms with Crippen LogP contribution in [0.3, 0.4) is 0 Å². The summed E-state index contributed by atoms with van der Waals surface area (Å²) in [7, 11) is 0. The molecule has 6 nitrogen and oxygen atoms in total. The zero-order chi connectivity index (χ0) is 20.5. The van der Waals surface area contributed by atoms with Gasteiger partial charge in [0.25, 0.3) is 0 Å². The third-order valence-electron chi connectivity index (χ3n) is 4.70. The fraction of sp³-hybridized carbons (Fsp3) is 0.143. The van der Waals surface area contributed by atoms with Gasteiger partial charge < -0.3 is 15.2 Å². The van der Waals surface area contributed by atoms with Crippen molar-refractivity contribution in [2.24, 2.45) is 5.73 Å². The van der Waals surface area contributed by atoms with Gasteiger partial charge in [0.1, 0.15) is 29.8 Å². The average molecular weight is 411 g/mol. The van der Waals surface area contributed by atoms with Gasteiger partial charge in [-0.05, 0) is 42.3 Å². The third-order valence-corrected chi connectivity index (χ3v) is 5.00. The van der Waals surface area contributed by atoms with Crippen molar-refractivity contribution in [2.45, 2.75) is 19.4 Å². The number of hydrogen-bond donors (Lipinski definition) is 2. The van der Waals surface area contributed by atoms with Crippen molar-refractivity contribution in [3.8, 4) is 17.7 Å². The number of benzene rings is 2. The van der Waals surface area contributed by atoms with Crippen molar-refractivity contribution in [2.75, 3.05) is 0 Å². The number of nitrogens with zero attached hydrogens (tertiary/aromatic N) is 2. The molecule has 0 unspecified atom stereocenters. The van der Waals surface area contributed by atoms with E-state index in [1.807, 2.05) is 13.0 Å². The maximum Gasteiger partial charge on any atom is 0.244 e. The molecular formula is C21H16ClFN4O2. The summed E-state index contributed by atoms with van der Waals surface area (Å²) in [6, 6.07) is 13.5. The SMILES string of the molecule is Cc1[nH]nc2c1[C@H](c1ccc(OCc3cccc(F)c3)c(Cl)c1)C(C#N)=C(N)O2. The van der Waals surface area contributed by atoms with Crippen LogP contribution in [0.1, 0.15) is 28.3 Å². The number of ether oxygens (including phenoxy) is 2. The highest BCUT2D eigenvalue weighted by Crippen LogP contribution is 2.43. The number of nitrogens with one attached hydrogen (secondary N) is 1. The van der Waals surface area contributed by atoms with Gasteiger partial charge in [-0.25, -0.2) is 4.39 Å². The molecule has 8 heteroatoms. The molecule has 1 atom stereocenters. The van der Waals surface area contributed by atoms with E-state index >= 15 is 0 Å². The summed E-state index contributed by atoms with van der Waals surface area (Å²) in [6.07, 6.45) is 0. The van der Waals surface area contributed by atoms with Crippen molar-refractivity contribution in [1.82, 2.24) is 10.2 Å². The minimum absolute atomic E-state index is 0.0130. The van der Waals surface area contributed by atoms with Crippen LogP contribution in [0.4, 0.5) is 4.39 Å². The van der Waals surface area contributed by atoms with Gasteiger partial charge in [0.15, 0.2) is 0 Å². The molecule has 0 bridgehead atoms. The summed E-state index contributed by atoms with van der Waals surface area (Å²) in [6.45, 7) is 2.02. The lowest BCUT2D eigenvalue weighted by atomic mass is 9.84. The Hall–Kier alpha value is -3.50. The summed E-state index contributed by atoms with van der Waals surface area (Å²) in [5.74, 6) is 0.0148. The molecule has 3 N–H and O–H groups in total. The lowest BCUT2D eigenvalue weighted by molar-refractivity contribution is 0.305. The van der Waals surface area contributed by atoms with Crippen LogP contribution in [0.5, 0.6) is 11.6 Å². The number of fused-ring (bicyclic) bond motifs is 1. The van der Waals surface area contributed by atoms with E-state index in [-0.39, 0.29) is 23.9 Å². The number of hydrogen-bond acceptors (Lipinski definition) is 5. The molecular weight excluding hydrogens is 395 g/mol. The van der Waals surface area contributed by atoms with Crippen LogP contribution in [0, 0.1) is 24.1 Å². The molecule has 0 fully saturated rings. The van der Waals surface area contributed by atoms with E-state index in [9.17, 15) is 9.65 Å². The maximum atomic E-state index is 13.3. The first-order chi connectivity index (χ1) is 14.0. The number of allylic oxidation sites excluding steroid dienone is 1. The first-order valence-electron chi connectivity index (χ1n) is 8.77. The molecule has 0 radical (unpaired) electrons. The second-order valence-corrected chi connectivity index (χ2v) is 7.01. The summed E-state index contributed by atoms with van der Waals surface area (Å²) in [5.41, 5.74) is 9.16. The number of nitriles is 1. The molecule has 3 aromatic rings. The predicted octanol–water partition coefficient (Wildman–Crippen LogP) is 4.31. The Morgan fingerprint density at radius 1 is 1.34 bits per heavy atom. The highest BCUT2D eigenvalue weighted by molar-refractivity contribution is 6.32. The fourth-order valence-corrected chi connectivity index (χ4v) is 3.58. The molecule has 146 valence electrons. The van der Waals surface area contributed by atoms with Crippen molar-refractivity contribution in [1.29, 1.82) is 5.26 Å². The number of nitrogens with two attached hydrogens (primary N) is 1. The van der Waals surface area contributed by atoms with Gasteiger partial charge in [0, 0.05) is 11.3 Å². The van der Waals surface area contributed by atoms with Crippen LogP contribution in [-0.4, -0.2) is 10.2 Å². The van der Waals surface area contributed by atoms with Crippen molar-refractivity contribution in [3.63, 3.8) is 0 Å². The van der Waals surface area contributed by atoms with E-state index in [4.69, 9.17) is 26.8 Å². The monoisotopic (exact) mass is 410 g/mol. The molecule has 1 aliphatic rings. The van der Waals surface area contributed by atoms with Crippen molar-refractivity contribution in [3.05, 3.63) is 87.1 Å². The Bertz CT molecular complexity index is 1170. The Morgan fingerprint density at radius 2 is 2.17 bits per heavy atom. The lowest BCUT2D eigenvalue weighted by Crippen LogP contribution is -2.21. The zero-order valence-corrected chi connectivity index (χ0v) is 16.1. The summed E-state index contributed by atoms with van der Waals surface area (Å²) in [4.78, 5) is 0. The Kier molecular flexibility index (Phi) is 4.87. The van der Waals surface area contributed by atoms with E-state index in [1.54, 1.807) is 24.3 Å². The minimum Gasteiger partial charge on any atom is -0.487 e. The Labute approximate surface area is 171 Å². The van der Waals surface area contributed by atoms with Crippen molar-refractivity contribution < 1.29 is 13.9 Å². The van der Waals surface area contributed by atoms with Gasteiger partial charge in [-0.15, -0.1) is 5.10 Å².